The molecule has 0 aromatic heterocycles. The van der Waals surface area contributed by atoms with Crippen molar-refractivity contribution in [2.75, 3.05) is 17.2 Å². The molecule has 7 heteroatoms. The van der Waals surface area contributed by atoms with Gasteiger partial charge in [0.1, 0.15) is 11.0 Å². The molecule has 36 heavy (non-hydrogen) atoms. The summed E-state index contributed by atoms with van der Waals surface area (Å²) in [5.41, 5.74) is 1.23. The normalized spacial score (nSPS) is 29.8. The number of carbonyl (C=O) groups is 3. The second kappa shape index (κ2) is 7.28. The first-order valence-electron chi connectivity index (χ1n) is 12.3. The summed E-state index contributed by atoms with van der Waals surface area (Å²) in [5.74, 6) is -1.45. The number of nitrogens with one attached hydrogen (secondary N) is 2. The monoisotopic (exact) mass is 497 g/mol. The summed E-state index contributed by atoms with van der Waals surface area (Å²) in [7, 11) is 0. The predicted molar refractivity (Wildman–Crippen MR) is 137 cm³/mol. The zero-order valence-electron chi connectivity index (χ0n) is 19.7. The Bertz CT molecular complexity index is 1490. The number of nitrogens with zero attached hydrogens (tertiary/aromatic N) is 1. The van der Waals surface area contributed by atoms with E-state index in [0.717, 1.165) is 18.4 Å². The van der Waals surface area contributed by atoms with Crippen LogP contribution < -0.4 is 10.6 Å². The molecule has 180 valence electrons. The molecule has 0 unspecified atom stereocenters. The minimum absolute atomic E-state index is 0.115. The average molecular weight is 498 g/mol. The molecule has 0 aliphatic carbocycles. The van der Waals surface area contributed by atoms with Crippen LogP contribution in [0.1, 0.15) is 39.9 Å². The minimum Gasteiger partial charge on any atom is -0.325 e. The smallest absolute Gasteiger partial charge is 0.251 e. The van der Waals surface area contributed by atoms with Crippen LogP contribution in [0.5, 0.6) is 0 Å². The van der Waals surface area contributed by atoms with Gasteiger partial charge in [0.15, 0.2) is 5.78 Å². The number of para-hydroxylation sites is 1. The molecule has 0 bridgehead atoms. The van der Waals surface area contributed by atoms with Crippen molar-refractivity contribution in [3.8, 4) is 0 Å². The highest BCUT2D eigenvalue weighted by Crippen LogP contribution is 2.68. The Morgan fingerprint density at radius 2 is 1.72 bits per heavy atom. The molecule has 4 heterocycles. The van der Waals surface area contributed by atoms with E-state index in [1.165, 1.54) is 0 Å². The average Bonchev–Trinajstić information content (AvgIpc) is 3.59. The molecule has 2 N–H and O–H groups in total. The number of halogens is 1. The first-order chi connectivity index (χ1) is 17.4. The number of benzene rings is 3. The number of fused-ring (bicyclic) bond motifs is 7. The van der Waals surface area contributed by atoms with Crippen molar-refractivity contribution in [1.29, 1.82) is 0 Å². The lowest BCUT2D eigenvalue weighted by molar-refractivity contribution is -0.137. The van der Waals surface area contributed by atoms with Crippen LogP contribution in [0, 0.1) is 12.8 Å². The fraction of sp³-hybridized carbons (Fsp3) is 0.276. The zero-order valence-corrected chi connectivity index (χ0v) is 20.4. The molecule has 4 aliphatic rings. The number of anilines is 2. The number of amides is 2. The van der Waals surface area contributed by atoms with Crippen molar-refractivity contribution in [2.24, 2.45) is 5.92 Å². The molecule has 0 radical (unpaired) electrons. The quantitative estimate of drug-likeness (QED) is 0.505. The van der Waals surface area contributed by atoms with Gasteiger partial charge < -0.3 is 10.6 Å². The Kier molecular flexibility index (Phi) is 4.40. The van der Waals surface area contributed by atoms with Gasteiger partial charge in [-0.05, 0) is 55.6 Å². The van der Waals surface area contributed by atoms with Gasteiger partial charge >= 0.3 is 0 Å². The van der Waals surface area contributed by atoms with Gasteiger partial charge in [-0.2, -0.15) is 0 Å². The lowest BCUT2D eigenvalue weighted by atomic mass is 9.57. The maximum absolute atomic E-state index is 14.4. The summed E-state index contributed by atoms with van der Waals surface area (Å²) >= 11 is 6.58. The summed E-state index contributed by atoms with van der Waals surface area (Å²) in [6.07, 6.45) is 1.57. The van der Waals surface area contributed by atoms with Crippen LogP contribution in [-0.2, 0) is 20.5 Å². The number of aryl methyl sites for hydroxylation is 1. The standard InChI is InChI=1S/C29H24ClN3O3/c1-16-14-18(30)15-20-24(16)32-27(36)29(20)28(19-10-5-6-11-21(19)31-26(28)35)23(22-12-7-13-33(22)29)25(34)17-8-3-2-4-9-17/h2-6,8-11,14-15,22-23H,7,12-13H2,1H3,(H,31,35)(H,32,36)/t22-,23-,28+,29+/m1/s1. The molecule has 4 aliphatic heterocycles. The van der Waals surface area contributed by atoms with E-state index in [0.29, 0.717) is 39.6 Å². The largest absolute Gasteiger partial charge is 0.325 e. The topological polar surface area (TPSA) is 78.5 Å². The number of hydrogen-bond donors (Lipinski definition) is 2. The van der Waals surface area contributed by atoms with E-state index in [9.17, 15) is 14.4 Å². The Morgan fingerprint density at radius 3 is 2.53 bits per heavy atom. The minimum atomic E-state index is -1.45. The fourth-order valence-electron chi connectivity index (χ4n) is 7.59. The molecule has 2 saturated heterocycles. The third-order valence-electron chi connectivity index (χ3n) is 8.71. The van der Waals surface area contributed by atoms with E-state index in [1.807, 2.05) is 61.5 Å². The van der Waals surface area contributed by atoms with E-state index >= 15 is 0 Å². The highest BCUT2D eigenvalue weighted by molar-refractivity contribution is 6.31. The Morgan fingerprint density at radius 1 is 0.972 bits per heavy atom. The van der Waals surface area contributed by atoms with Crippen LogP contribution >= 0.6 is 11.6 Å². The SMILES string of the molecule is Cc1cc(Cl)cc2c1NC(=O)[C@@]21N2CCC[C@@H]2[C@H](C(=O)c2ccccc2)[C@@]12C(=O)Nc1ccccc12. The molecule has 3 aromatic carbocycles. The maximum atomic E-state index is 14.4. The van der Waals surface area contributed by atoms with Gasteiger partial charge in [-0.3, -0.25) is 19.3 Å². The first-order valence-corrected chi connectivity index (χ1v) is 12.7. The lowest BCUT2D eigenvalue weighted by Gasteiger charge is -2.43. The van der Waals surface area contributed by atoms with E-state index in [-0.39, 0.29) is 23.6 Å². The predicted octanol–water partition coefficient (Wildman–Crippen LogP) is 4.66. The molecule has 2 amide bonds. The van der Waals surface area contributed by atoms with Crippen molar-refractivity contribution in [1.82, 2.24) is 4.90 Å². The van der Waals surface area contributed by atoms with Crippen LogP contribution in [0.15, 0.2) is 66.7 Å². The van der Waals surface area contributed by atoms with Gasteiger partial charge in [-0.15, -0.1) is 0 Å². The molecule has 6 nitrogen and oxygen atoms in total. The van der Waals surface area contributed by atoms with Crippen LogP contribution in [0.3, 0.4) is 0 Å². The van der Waals surface area contributed by atoms with Gasteiger partial charge in [-0.25, -0.2) is 0 Å². The van der Waals surface area contributed by atoms with Crippen LogP contribution in [0.4, 0.5) is 11.4 Å². The zero-order chi connectivity index (χ0) is 24.8. The molecule has 0 saturated carbocycles. The maximum Gasteiger partial charge on any atom is 0.251 e. The second-order valence-corrected chi connectivity index (χ2v) is 10.7. The summed E-state index contributed by atoms with van der Waals surface area (Å²) in [6, 6.07) is 20.0. The van der Waals surface area contributed by atoms with Crippen molar-refractivity contribution >= 4 is 40.6 Å². The highest BCUT2D eigenvalue weighted by Gasteiger charge is 2.81. The molecule has 2 fully saturated rings. The lowest BCUT2D eigenvalue weighted by Crippen LogP contribution is -2.62. The van der Waals surface area contributed by atoms with E-state index < -0.39 is 16.9 Å². The van der Waals surface area contributed by atoms with Gasteiger partial charge in [0.25, 0.3) is 5.91 Å². The third kappa shape index (κ3) is 2.34. The van der Waals surface area contributed by atoms with Crippen molar-refractivity contribution < 1.29 is 14.4 Å². The van der Waals surface area contributed by atoms with Crippen LogP contribution in [-0.4, -0.2) is 35.1 Å². The van der Waals surface area contributed by atoms with Gasteiger partial charge in [0.05, 0.1) is 5.92 Å². The van der Waals surface area contributed by atoms with Gasteiger partial charge in [0.2, 0.25) is 5.91 Å². The third-order valence-corrected chi connectivity index (χ3v) is 8.93. The summed E-state index contributed by atoms with van der Waals surface area (Å²) < 4.78 is 0. The second-order valence-electron chi connectivity index (χ2n) is 10.2. The van der Waals surface area contributed by atoms with Crippen molar-refractivity contribution in [3.05, 3.63) is 94.0 Å². The Balaban J connectivity index is 1.62. The van der Waals surface area contributed by atoms with E-state index in [1.54, 1.807) is 12.1 Å². The van der Waals surface area contributed by atoms with Crippen molar-refractivity contribution in [2.45, 2.75) is 36.8 Å². The Hall–Kier alpha value is -3.48. The first kappa shape index (κ1) is 21.8. The number of Topliss-reactive ketones (excluding diaryl/α,β-unsaturated/α-hetero) is 1. The molecule has 4 atom stereocenters. The number of rotatable bonds is 2. The van der Waals surface area contributed by atoms with Gasteiger partial charge in [0, 0.05) is 33.6 Å². The summed E-state index contributed by atoms with van der Waals surface area (Å²) in [5, 5.41) is 6.66. The van der Waals surface area contributed by atoms with Crippen LogP contribution in [0.25, 0.3) is 0 Å². The van der Waals surface area contributed by atoms with Crippen molar-refractivity contribution in [3.63, 3.8) is 0 Å². The van der Waals surface area contributed by atoms with Gasteiger partial charge in [-0.1, -0.05) is 60.1 Å². The van der Waals surface area contributed by atoms with E-state index in [2.05, 4.69) is 15.5 Å². The Labute approximate surface area is 213 Å². The fourth-order valence-corrected chi connectivity index (χ4v) is 7.87. The summed E-state index contributed by atoms with van der Waals surface area (Å²) in [4.78, 5) is 45.4. The van der Waals surface area contributed by atoms with Crippen LogP contribution in [0.2, 0.25) is 5.02 Å². The highest BCUT2D eigenvalue weighted by atomic mass is 35.5. The number of hydrogen-bond acceptors (Lipinski definition) is 4. The number of carbonyl (C=O) groups excluding carboxylic acids is 3. The molecule has 2 spiro atoms. The molecule has 7 rings (SSSR count). The molecular formula is C29H24ClN3O3. The van der Waals surface area contributed by atoms with E-state index in [4.69, 9.17) is 11.6 Å². The molecule has 3 aromatic rings. The summed E-state index contributed by atoms with van der Waals surface area (Å²) in [6.45, 7) is 2.52. The number of ketones is 1. The molecular weight excluding hydrogens is 474 g/mol.